The molecule has 0 spiro atoms. The monoisotopic (exact) mass is 1370 g/mol. The van der Waals surface area contributed by atoms with E-state index in [1.54, 1.807) is 27.7 Å². The van der Waals surface area contributed by atoms with E-state index in [1.165, 1.54) is 33.0 Å². The van der Waals surface area contributed by atoms with Crippen LogP contribution in [-0.2, 0) is 0 Å². The van der Waals surface area contributed by atoms with Gasteiger partial charge in [-0.2, -0.15) is 0 Å². The van der Waals surface area contributed by atoms with Gasteiger partial charge in [-0.15, -0.1) is 0 Å². The molecule has 2 aliphatic rings. The van der Waals surface area contributed by atoms with Crippen LogP contribution in [0.15, 0.2) is 328 Å². The molecule has 2 aliphatic heterocycles. The molecule has 0 unspecified atom stereocenters. The SMILES string of the molecule is CC(C)(O)C(C)(C)O.Clc1ccc(-c2nc(-c3ccccc3)nc(-c3ccc(-c4ccccc4)cc3)n2)cc1.[B]c1ccc2c(c1)-c1cccc3cccc(c13)O2.c1ccc(-c2ccc(-c3nc(-c4ccccc4)nc(-c4ccc(-c5ccc6c(c5)-c5cccc7cccc(c57)O6)cc4)n3)cc2)cc1. The van der Waals surface area contributed by atoms with Gasteiger partial charge in [0, 0.05) is 60.3 Å². The number of aliphatic hydroxyl groups is 2. The predicted molar refractivity (Wildman–Crippen MR) is 424 cm³/mol. The molecule has 12 heteroatoms. The number of nitrogens with zero attached hydrogens (tertiary/aromatic N) is 6. The van der Waals surface area contributed by atoms with E-state index in [-0.39, 0.29) is 0 Å². The second kappa shape index (κ2) is 29.2. The number of halogens is 1. The van der Waals surface area contributed by atoms with Crippen LogP contribution in [0.2, 0.25) is 5.02 Å². The Bertz CT molecular complexity index is 5720. The van der Waals surface area contributed by atoms with E-state index < -0.39 is 11.2 Å². The normalized spacial score (nSPS) is 11.6. The van der Waals surface area contributed by atoms with Gasteiger partial charge < -0.3 is 19.7 Å². The van der Waals surface area contributed by atoms with Crippen molar-refractivity contribution in [3.63, 3.8) is 0 Å². The summed E-state index contributed by atoms with van der Waals surface area (Å²) in [6.07, 6.45) is 0. The van der Waals surface area contributed by atoms with Crippen molar-refractivity contribution in [1.29, 1.82) is 0 Å². The average molecular weight is 1370 g/mol. The number of hydrogen-bond acceptors (Lipinski definition) is 10. The second-order valence-electron chi connectivity index (χ2n) is 26.4. The van der Waals surface area contributed by atoms with Gasteiger partial charge in [-0.1, -0.05) is 290 Å². The maximum Gasteiger partial charge on any atom is 0.164 e. The fourth-order valence-electron chi connectivity index (χ4n) is 12.3. The number of fused-ring (bicyclic) bond motifs is 4. The lowest BCUT2D eigenvalue weighted by molar-refractivity contribution is -0.107. The molecule has 4 heterocycles. The highest BCUT2D eigenvalue weighted by Gasteiger charge is 2.32. The molecule has 2 N–H and O–H groups in total. The van der Waals surface area contributed by atoms with Crippen molar-refractivity contribution >= 4 is 46.5 Å². The van der Waals surface area contributed by atoms with Crippen molar-refractivity contribution in [2.75, 3.05) is 0 Å². The number of aromatic nitrogens is 6. The van der Waals surface area contributed by atoms with Crippen LogP contribution in [0.1, 0.15) is 27.7 Å². The molecule has 0 fully saturated rings. The van der Waals surface area contributed by atoms with Crippen LogP contribution in [0.4, 0.5) is 0 Å². The first kappa shape index (κ1) is 67.3. The van der Waals surface area contributed by atoms with Gasteiger partial charge in [0.1, 0.15) is 30.8 Å². The molecule has 500 valence electrons. The molecule has 0 atom stereocenters. The zero-order chi connectivity index (χ0) is 71.3. The van der Waals surface area contributed by atoms with Gasteiger partial charge in [0.2, 0.25) is 0 Å². The summed E-state index contributed by atoms with van der Waals surface area (Å²) in [5.74, 6) is 7.38. The number of hydrogen-bond donors (Lipinski definition) is 2. The highest BCUT2D eigenvalue weighted by Crippen LogP contribution is 2.49. The van der Waals surface area contributed by atoms with Crippen LogP contribution in [0.25, 0.3) is 146 Å². The molecule has 14 aromatic carbocycles. The van der Waals surface area contributed by atoms with Crippen molar-refractivity contribution in [2.45, 2.75) is 38.9 Å². The standard InChI is InChI=1S/C43H27N3O.C27H18ClN3.C16H9BO.C6H14O2/c1-3-9-28(10-4-1)29-17-21-33(22-18-29)42-44-41(32-11-5-2-6-12-32)45-43(46-42)34-23-19-30(20-24-34)35-25-26-38-37(27-35)36-15-7-13-31-14-8-16-39(47-38)40(31)36;28-24-17-15-23(16-18-24)27-30-25(21-9-5-2-6-10-21)29-26(31-27)22-13-11-20(12-14-22)19-7-3-1-4-8-19;17-11-7-8-14-13(9-11)12-5-1-3-10-4-2-6-15(18-14)16(10)12;1-5(2,7)6(3,4)8/h1-27H;1-18H;1-9H;7-8H,1-4H3. The summed E-state index contributed by atoms with van der Waals surface area (Å²) in [7, 11) is 5.87. The quantitative estimate of drug-likeness (QED) is 0.127. The molecule has 0 aliphatic carbocycles. The van der Waals surface area contributed by atoms with Gasteiger partial charge in [-0.05, 0) is 138 Å². The maximum absolute atomic E-state index is 9.10. The van der Waals surface area contributed by atoms with Crippen molar-refractivity contribution in [1.82, 2.24) is 29.9 Å². The molecular formula is C92H68BClN6O4. The summed E-state index contributed by atoms with van der Waals surface area (Å²) in [6, 6.07) is 111. The Balaban J connectivity index is 0.000000130. The minimum Gasteiger partial charge on any atom is -0.456 e. The van der Waals surface area contributed by atoms with Gasteiger partial charge >= 0.3 is 0 Å². The lowest BCUT2D eigenvalue weighted by Crippen LogP contribution is -2.44. The highest BCUT2D eigenvalue weighted by molar-refractivity contribution is 6.33. The van der Waals surface area contributed by atoms with Gasteiger partial charge in [-0.3, -0.25) is 0 Å². The Labute approximate surface area is 610 Å². The lowest BCUT2D eigenvalue weighted by atomic mass is 9.89. The van der Waals surface area contributed by atoms with Crippen LogP contribution in [0.5, 0.6) is 23.0 Å². The fraction of sp³-hybridized carbons (Fsp3) is 0.0652. The maximum atomic E-state index is 9.10. The minimum absolute atomic E-state index is 0.618. The van der Waals surface area contributed by atoms with Crippen LogP contribution in [0.3, 0.4) is 0 Å². The van der Waals surface area contributed by atoms with Crippen LogP contribution < -0.4 is 14.9 Å². The zero-order valence-electron chi connectivity index (χ0n) is 57.5. The van der Waals surface area contributed by atoms with Crippen molar-refractivity contribution < 1.29 is 19.7 Å². The highest BCUT2D eigenvalue weighted by atomic mass is 35.5. The molecule has 0 saturated heterocycles. The van der Waals surface area contributed by atoms with Crippen molar-refractivity contribution in [3.05, 3.63) is 333 Å². The molecule has 0 saturated carbocycles. The first-order chi connectivity index (χ1) is 50.6. The molecule has 18 rings (SSSR count). The number of ether oxygens (including phenoxy) is 2. The van der Waals surface area contributed by atoms with Crippen LogP contribution in [0, 0.1) is 0 Å². The number of rotatable bonds is 10. The average Bonchev–Trinajstić information content (AvgIpc) is 0.775. The Morgan fingerprint density at radius 2 is 0.529 bits per heavy atom. The third-order valence-corrected chi connectivity index (χ3v) is 18.9. The fourth-order valence-corrected chi connectivity index (χ4v) is 12.4. The van der Waals surface area contributed by atoms with Crippen LogP contribution >= 0.6 is 11.6 Å². The molecular weight excluding hydrogens is 1300 g/mol. The molecule has 2 aromatic heterocycles. The summed E-state index contributed by atoms with van der Waals surface area (Å²) < 4.78 is 12.3. The largest absolute Gasteiger partial charge is 0.456 e. The van der Waals surface area contributed by atoms with E-state index in [0.717, 1.165) is 106 Å². The summed E-state index contributed by atoms with van der Waals surface area (Å²) >= 11 is 6.07. The lowest BCUT2D eigenvalue weighted by Gasteiger charge is -2.31. The first-order valence-electron chi connectivity index (χ1n) is 34.3. The Kier molecular flexibility index (Phi) is 18.9. The topological polar surface area (TPSA) is 136 Å². The van der Waals surface area contributed by atoms with Gasteiger partial charge in [-0.25, -0.2) is 29.9 Å². The summed E-state index contributed by atoms with van der Waals surface area (Å²) in [5, 5.41) is 23.6. The summed E-state index contributed by atoms with van der Waals surface area (Å²) in [4.78, 5) is 29.1. The third-order valence-electron chi connectivity index (χ3n) is 18.6. The Hall–Kier alpha value is -12.5. The van der Waals surface area contributed by atoms with Crippen molar-refractivity contribution in [2.24, 2.45) is 0 Å². The van der Waals surface area contributed by atoms with E-state index in [4.69, 9.17) is 69.0 Å². The van der Waals surface area contributed by atoms with E-state index in [9.17, 15) is 0 Å². The molecule has 104 heavy (non-hydrogen) atoms. The van der Waals surface area contributed by atoms with Gasteiger partial charge in [0.05, 0.1) is 11.2 Å². The van der Waals surface area contributed by atoms with E-state index in [0.29, 0.717) is 40.0 Å². The van der Waals surface area contributed by atoms with Gasteiger partial charge in [0.15, 0.2) is 34.9 Å². The molecule has 0 bridgehead atoms. The Morgan fingerprint density at radius 3 is 0.885 bits per heavy atom. The van der Waals surface area contributed by atoms with Gasteiger partial charge in [0.25, 0.3) is 0 Å². The predicted octanol–water partition coefficient (Wildman–Crippen LogP) is 22.3. The smallest absolute Gasteiger partial charge is 0.164 e. The molecule has 2 radical (unpaired) electrons. The summed E-state index contributed by atoms with van der Waals surface area (Å²) in [5.41, 5.74) is 15.8. The number of benzene rings is 14. The molecule has 16 aromatic rings. The second-order valence-corrected chi connectivity index (χ2v) is 26.9. The zero-order valence-corrected chi connectivity index (χ0v) is 58.3. The summed E-state index contributed by atoms with van der Waals surface area (Å²) in [6.45, 7) is 6.31. The first-order valence-corrected chi connectivity index (χ1v) is 34.7. The van der Waals surface area contributed by atoms with Crippen molar-refractivity contribution in [3.8, 4) is 147 Å². The minimum atomic E-state index is -1.01. The Morgan fingerprint density at radius 1 is 0.260 bits per heavy atom. The molecule has 0 amide bonds. The van der Waals surface area contributed by atoms with E-state index >= 15 is 0 Å². The van der Waals surface area contributed by atoms with Crippen LogP contribution in [-0.4, -0.2) is 59.2 Å². The third kappa shape index (κ3) is 14.7. The van der Waals surface area contributed by atoms with E-state index in [1.807, 2.05) is 152 Å². The molecule has 10 nitrogen and oxygen atoms in total. The van der Waals surface area contributed by atoms with E-state index in [2.05, 4.69) is 176 Å².